The highest BCUT2D eigenvalue weighted by atomic mass is 32.2. The zero-order valence-electron chi connectivity index (χ0n) is 15.7. The normalized spacial score (nSPS) is 11.8. The molecule has 0 spiro atoms. The minimum atomic E-state index is -0.0968. The third kappa shape index (κ3) is 3.43. The van der Waals surface area contributed by atoms with Gasteiger partial charge in [-0.05, 0) is 50.6 Å². The quantitative estimate of drug-likeness (QED) is 0.508. The molecule has 2 N–H and O–H groups in total. The van der Waals surface area contributed by atoms with Gasteiger partial charge in [-0.1, -0.05) is 42.1 Å². The molecule has 0 radical (unpaired) electrons. The summed E-state index contributed by atoms with van der Waals surface area (Å²) in [6.45, 7) is 6.48. The van der Waals surface area contributed by atoms with Gasteiger partial charge in [0.15, 0.2) is 0 Å². The van der Waals surface area contributed by atoms with E-state index in [2.05, 4.69) is 90.0 Å². The Hall–Kier alpha value is -2.79. The fourth-order valence-electron chi connectivity index (χ4n) is 3.14. The van der Waals surface area contributed by atoms with Crippen LogP contribution in [0.3, 0.4) is 0 Å². The first kappa shape index (κ1) is 17.6. The van der Waals surface area contributed by atoms with Crippen molar-refractivity contribution in [3.05, 3.63) is 67.1 Å². The molecule has 0 saturated carbocycles. The van der Waals surface area contributed by atoms with Crippen LogP contribution in [-0.2, 0) is 5.54 Å². The molecule has 27 heavy (non-hydrogen) atoms. The van der Waals surface area contributed by atoms with Crippen molar-refractivity contribution in [2.24, 2.45) is 0 Å². The first-order valence-corrected chi connectivity index (χ1v) is 9.70. The maximum atomic E-state index is 6.21. The Morgan fingerprint density at radius 3 is 2.22 bits per heavy atom. The summed E-state index contributed by atoms with van der Waals surface area (Å²) in [6.07, 6.45) is 3.67. The van der Waals surface area contributed by atoms with Gasteiger partial charge in [0.25, 0.3) is 0 Å². The zero-order chi connectivity index (χ0) is 19.0. The lowest BCUT2D eigenvalue weighted by molar-refractivity contribution is 0.408. The highest BCUT2D eigenvalue weighted by Gasteiger charge is 2.21. The Kier molecular flexibility index (Phi) is 4.40. The third-order valence-corrected chi connectivity index (χ3v) is 5.49. The number of nitrogens with two attached hydrogens (primary N) is 1. The van der Waals surface area contributed by atoms with E-state index in [4.69, 9.17) is 5.73 Å². The number of rotatable bonds is 3. The van der Waals surface area contributed by atoms with Crippen LogP contribution in [0.2, 0.25) is 0 Å². The number of nitrogen functional groups attached to an aromatic ring is 1. The van der Waals surface area contributed by atoms with Gasteiger partial charge in [-0.15, -0.1) is 0 Å². The summed E-state index contributed by atoms with van der Waals surface area (Å²) in [5.74, 6) is 0.515. The maximum absolute atomic E-state index is 6.21. The first-order chi connectivity index (χ1) is 12.9. The van der Waals surface area contributed by atoms with Gasteiger partial charge in [0.1, 0.15) is 17.8 Å². The molecule has 136 valence electrons. The van der Waals surface area contributed by atoms with E-state index in [1.54, 1.807) is 11.8 Å². The van der Waals surface area contributed by atoms with Gasteiger partial charge in [0, 0.05) is 27.1 Å². The van der Waals surface area contributed by atoms with E-state index in [1.165, 1.54) is 16.1 Å². The van der Waals surface area contributed by atoms with Crippen molar-refractivity contribution in [2.45, 2.75) is 36.1 Å². The summed E-state index contributed by atoms with van der Waals surface area (Å²) in [4.78, 5) is 11.1. The van der Waals surface area contributed by atoms with E-state index < -0.39 is 0 Å². The molecule has 0 aliphatic heterocycles. The topological polar surface area (TPSA) is 56.7 Å². The molecule has 0 atom stereocenters. The number of hydrogen-bond acceptors (Lipinski definition) is 4. The SMILES string of the molecule is CC(C)(C)n1cc(-c2ccc(Sc3ccccc3)cc2)c2c(N)ncnc21. The monoisotopic (exact) mass is 374 g/mol. The van der Waals surface area contributed by atoms with Gasteiger partial charge in [0.05, 0.1) is 5.39 Å². The Labute approximate surface area is 163 Å². The van der Waals surface area contributed by atoms with E-state index in [9.17, 15) is 0 Å². The lowest BCUT2D eigenvalue weighted by atomic mass is 10.1. The summed E-state index contributed by atoms with van der Waals surface area (Å²) >= 11 is 1.75. The predicted molar refractivity (Wildman–Crippen MR) is 113 cm³/mol. The van der Waals surface area contributed by atoms with Crippen LogP contribution < -0.4 is 5.73 Å². The molecule has 2 aromatic heterocycles. The second-order valence-corrected chi connectivity index (χ2v) is 8.63. The molecule has 5 heteroatoms. The van der Waals surface area contributed by atoms with Gasteiger partial charge >= 0.3 is 0 Å². The van der Waals surface area contributed by atoms with Crippen LogP contribution in [0.1, 0.15) is 20.8 Å². The second-order valence-electron chi connectivity index (χ2n) is 7.48. The number of benzene rings is 2. The molecule has 4 rings (SSSR count). The lowest BCUT2D eigenvalue weighted by Gasteiger charge is -2.21. The number of hydrogen-bond donors (Lipinski definition) is 1. The molecular weight excluding hydrogens is 352 g/mol. The molecule has 2 aromatic carbocycles. The number of aromatic nitrogens is 3. The fourth-order valence-corrected chi connectivity index (χ4v) is 3.98. The van der Waals surface area contributed by atoms with Crippen LogP contribution in [-0.4, -0.2) is 14.5 Å². The van der Waals surface area contributed by atoms with E-state index in [1.807, 2.05) is 6.07 Å². The molecule has 2 heterocycles. The van der Waals surface area contributed by atoms with Gasteiger partial charge in [-0.2, -0.15) is 0 Å². The Balaban J connectivity index is 1.76. The minimum absolute atomic E-state index is 0.0968. The summed E-state index contributed by atoms with van der Waals surface area (Å²) in [6, 6.07) is 19.0. The van der Waals surface area contributed by atoms with Crippen LogP contribution in [0.25, 0.3) is 22.2 Å². The molecular formula is C22H22N4S. The number of anilines is 1. The Morgan fingerprint density at radius 1 is 0.889 bits per heavy atom. The van der Waals surface area contributed by atoms with Crippen LogP contribution in [0.4, 0.5) is 5.82 Å². The molecule has 4 aromatic rings. The highest BCUT2D eigenvalue weighted by Crippen LogP contribution is 2.36. The van der Waals surface area contributed by atoms with Crippen molar-refractivity contribution < 1.29 is 0 Å². The second kappa shape index (κ2) is 6.74. The summed E-state index contributed by atoms with van der Waals surface area (Å²) < 4.78 is 2.17. The third-order valence-electron chi connectivity index (χ3n) is 4.48. The van der Waals surface area contributed by atoms with E-state index >= 15 is 0 Å². The van der Waals surface area contributed by atoms with Crippen molar-refractivity contribution >= 4 is 28.6 Å². The summed E-state index contributed by atoms with van der Waals surface area (Å²) in [7, 11) is 0. The van der Waals surface area contributed by atoms with Gasteiger partial charge in [0.2, 0.25) is 0 Å². The van der Waals surface area contributed by atoms with E-state index in [0.29, 0.717) is 5.82 Å². The van der Waals surface area contributed by atoms with Crippen LogP contribution in [0.5, 0.6) is 0 Å². The lowest BCUT2D eigenvalue weighted by Crippen LogP contribution is -2.21. The van der Waals surface area contributed by atoms with Gasteiger partial charge < -0.3 is 10.3 Å². The highest BCUT2D eigenvalue weighted by molar-refractivity contribution is 7.99. The van der Waals surface area contributed by atoms with Gasteiger partial charge in [-0.3, -0.25) is 0 Å². The standard InChI is InChI=1S/C22H22N4S/c1-22(2,3)26-13-18(19-20(23)24-14-25-21(19)26)15-9-11-17(12-10-15)27-16-7-5-4-6-8-16/h4-14H,1-3H3,(H2,23,24,25). The Morgan fingerprint density at radius 2 is 1.56 bits per heavy atom. The van der Waals surface area contributed by atoms with Crippen LogP contribution in [0, 0.1) is 0 Å². The average molecular weight is 375 g/mol. The van der Waals surface area contributed by atoms with Crippen molar-refractivity contribution in [1.82, 2.24) is 14.5 Å². The van der Waals surface area contributed by atoms with E-state index in [-0.39, 0.29) is 5.54 Å². The van der Waals surface area contributed by atoms with E-state index in [0.717, 1.165) is 22.2 Å². The van der Waals surface area contributed by atoms with Crippen molar-refractivity contribution in [2.75, 3.05) is 5.73 Å². The molecule has 0 saturated heterocycles. The van der Waals surface area contributed by atoms with Crippen LogP contribution >= 0.6 is 11.8 Å². The Bertz CT molecular complexity index is 1080. The largest absolute Gasteiger partial charge is 0.383 e. The predicted octanol–water partition coefficient (Wildman–Crippen LogP) is 5.59. The molecule has 4 nitrogen and oxygen atoms in total. The average Bonchev–Trinajstić information content (AvgIpc) is 3.05. The summed E-state index contributed by atoms with van der Waals surface area (Å²) in [5, 5.41) is 0.913. The van der Waals surface area contributed by atoms with Crippen molar-refractivity contribution in [3.8, 4) is 11.1 Å². The van der Waals surface area contributed by atoms with Crippen molar-refractivity contribution in [1.29, 1.82) is 0 Å². The molecule has 0 bridgehead atoms. The fraction of sp³-hybridized carbons (Fsp3) is 0.182. The zero-order valence-corrected chi connectivity index (χ0v) is 16.5. The summed E-state index contributed by atoms with van der Waals surface area (Å²) in [5.41, 5.74) is 9.16. The number of nitrogens with zero attached hydrogens (tertiary/aromatic N) is 3. The molecule has 0 amide bonds. The molecule has 0 unspecified atom stereocenters. The minimum Gasteiger partial charge on any atom is -0.383 e. The first-order valence-electron chi connectivity index (χ1n) is 8.89. The van der Waals surface area contributed by atoms with Gasteiger partial charge in [-0.25, -0.2) is 9.97 Å². The smallest absolute Gasteiger partial charge is 0.146 e. The molecule has 0 aliphatic carbocycles. The van der Waals surface area contributed by atoms with Crippen molar-refractivity contribution in [3.63, 3.8) is 0 Å². The number of fused-ring (bicyclic) bond motifs is 1. The maximum Gasteiger partial charge on any atom is 0.146 e. The molecule has 0 fully saturated rings. The van der Waals surface area contributed by atoms with Crippen LogP contribution in [0.15, 0.2) is 76.9 Å². The molecule has 0 aliphatic rings.